The van der Waals surface area contributed by atoms with E-state index >= 15 is 0 Å². The topological polar surface area (TPSA) is 58.5 Å². The zero-order valence-corrected chi connectivity index (χ0v) is 17.9. The van der Waals surface area contributed by atoms with Crippen LogP contribution in [0.4, 0.5) is 0 Å². The van der Waals surface area contributed by atoms with Crippen molar-refractivity contribution in [3.8, 4) is 5.88 Å². The molecule has 1 aliphatic carbocycles. The molecule has 1 heterocycles. The standard InChI is InChI=1S/C19H30N4O.HI/c1-15(2)24-18-10-9-17(13-22-18)14-23-19(20-3)21-12-11-16-7-5-4-6-8-16;/h7,9-10,13,15H,4-6,8,11-12,14H2,1-3H3,(H2,20,21,23);1H. The van der Waals surface area contributed by atoms with Crippen molar-refractivity contribution in [1.29, 1.82) is 0 Å². The number of nitrogens with one attached hydrogen (secondary N) is 2. The van der Waals surface area contributed by atoms with Crippen LogP contribution in [0, 0.1) is 0 Å². The number of hydrogen-bond acceptors (Lipinski definition) is 3. The smallest absolute Gasteiger partial charge is 0.213 e. The summed E-state index contributed by atoms with van der Waals surface area (Å²) in [5.74, 6) is 1.49. The highest BCUT2D eigenvalue weighted by Gasteiger charge is 2.05. The van der Waals surface area contributed by atoms with Crippen molar-refractivity contribution < 1.29 is 4.74 Å². The second-order valence-electron chi connectivity index (χ2n) is 6.38. The van der Waals surface area contributed by atoms with Crippen LogP contribution in [0.3, 0.4) is 0 Å². The van der Waals surface area contributed by atoms with Gasteiger partial charge in [0.2, 0.25) is 5.88 Å². The van der Waals surface area contributed by atoms with Crippen LogP contribution in [-0.4, -0.2) is 30.6 Å². The number of pyridine rings is 1. The molecule has 0 spiro atoms. The van der Waals surface area contributed by atoms with Crippen LogP contribution in [0.25, 0.3) is 0 Å². The first-order valence-corrected chi connectivity index (χ1v) is 8.91. The van der Waals surface area contributed by atoms with Crippen molar-refractivity contribution in [1.82, 2.24) is 15.6 Å². The Balaban J connectivity index is 0.00000312. The molecular weight excluding hydrogens is 427 g/mol. The fourth-order valence-corrected chi connectivity index (χ4v) is 2.71. The van der Waals surface area contributed by atoms with Crippen LogP contribution in [0.5, 0.6) is 5.88 Å². The molecule has 1 aromatic heterocycles. The molecule has 0 bridgehead atoms. The Hall–Kier alpha value is -1.31. The van der Waals surface area contributed by atoms with Crippen LogP contribution in [0.15, 0.2) is 35.0 Å². The van der Waals surface area contributed by atoms with Gasteiger partial charge in [-0.3, -0.25) is 4.99 Å². The van der Waals surface area contributed by atoms with Gasteiger partial charge in [-0.1, -0.05) is 17.7 Å². The number of aromatic nitrogens is 1. The van der Waals surface area contributed by atoms with Crippen molar-refractivity contribution >= 4 is 29.9 Å². The number of rotatable bonds is 7. The second kappa shape index (κ2) is 12.1. The number of allylic oxidation sites excluding steroid dienone is 1. The molecule has 0 fully saturated rings. The maximum atomic E-state index is 5.55. The van der Waals surface area contributed by atoms with Gasteiger partial charge in [0.1, 0.15) is 0 Å². The third kappa shape index (κ3) is 8.56. The third-order valence-corrected chi connectivity index (χ3v) is 3.96. The van der Waals surface area contributed by atoms with Crippen LogP contribution in [-0.2, 0) is 6.54 Å². The summed E-state index contributed by atoms with van der Waals surface area (Å²) in [6, 6.07) is 3.93. The summed E-state index contributed by atoms with van der Waals surface area (Å²) < 4.78 is 5.55. The SMILES string of the molecule is CN=C(NCCC1=CCCCC1)NCc1ccc(OC(C)C)nc1.I. The minimum atomic E-state index is 0. The van der Waals surface area contributed by atoms with Crippen LogP contribution >= 0.6 is 24.0 Å². The molecular formula is C19H31IN4O. The van der Waals surface area contributed by atoms with E-state index in [2.05, 4.69) is 26.7 Å². The largest absolute Gasteiger partial charge is 0.475 e. The highest BCUT2D eigenvalue weighted by Crippen LogP contribution is 2.19. The van der Waals surface area contributed by atoms with Crippen molar-refractivity contribution in [2.45, 2.75) is 58.6 Å². The van der Waals surface area contributed by atoms with E-state index in [-0.39, 0.29) is 30.1 Å². The normalized spacial score (nSPS) is 14.6. The summed E-state index contributed by atoms with van der Waals surface area (Å²) in [6.07, 6.45) is 10.7. The average Bonchev–Trinajstić information content (AvgIpc) is 2.59. The molecule has 0 aromatic carbocycles. The summed E-state index contributed by atoms with van der Waals surface area (Å²) in [5, 5.41) is 6.70. The molecule has 1 aliphatic rings. The van der Waals surface area contributed by atoms with Gasteiger partial charge >= 0.3 is 0 Å². The maximum absolute atomic E-state index is 5.55. The molecule has 0 saturated carbocycles. The Bertz CT molecular complexity index is 555. The van der Waals surface area contributed by atoms with Crippen molar-refractivity contribution in [3.63, 3.8) is 0 Å². The van der Waals surface area contributed by atoms with Gasteiger partial charge in [-0.25, -0.2) is 4.98 Å². The lowest BCUT2D eigenvalue weighted by molar-refractivity contribution is 0.232. The molecule has 5 nitrogen and oxygen atoms in total. The van der Waals surface area contributed by atoms with E-state index in [1.54, 1.807) is 12.6 Å². The maximum Gasteiger partial charge on any atom is 0.213 e. The van der Waals surface area contributed by atoms with Crippen LogP contribution in [0.1, 0.15) is 51.5 Å². The number of ether oxygens (including phenoxy) is 1. The minimum absolute atomic E-state index is 0. The Kier molecular flexibility index (Phi) is 10.5. The van der Waals surface area contributed by atoms with Crippen LogP contribution in [0.2, 0.25) is 0 Å². The summed E-state index contributed by atoms with van der Waals surface area (Å²) in [7, 11) is 1.80. The van der Waals surface area contributed by atoms with E-state index < -0.39 is 0 Å². The predicted octanol–water partition coefficient (Wildman–Crippen LogP) is 4.04. The molecule has 6 heteroatoms. The Morgan fingerprint density at radius 2 is 2.12 bits per heavy atom. The van der Waals surface area contributed by atoms with Gasteiger partial charge < -0.3 is 15.4 Å². The molecule has 140 valence electrons. The Morgan fingerprint density at radius 1 is 1.28 bits per heavy atom. The molecule has 25 heavy (non-hydrogen) atoms. The molecule has 2 N–H and O–H groups in total. The summed E-state index contributed by atoms with van der Waals surface area (Å²) in [6.45, 7) is 5.61. The Morgan fingerprint density at radius 3 is 2.72 bits per heavy atom. The van der Waals surface area contributed by atoms with Gasteiger partial charge in [0.25, 0.3) is 0 Å². The summed E-state index contributed by atoms with van der Waals surface area (Å²) in [5.41, 5.74) is 2.68. The van der Waals surface area contributed by atoms with Gasteiger partial charge in [0.15, 0.2) is 5.96 Å². The van der Waals surface area contributed by atoms with E-state index in [4.69, 9.17) is 4.74 Å². The number of nitrogens with zero attached hydrogens (tertiary/aromatic N) is 2. The quantitative estimate of drug-likeness (QED) is 0.280. The fourth-order valence-electron chi connectivity index (χ4n) is 2.71. The zero-order valence-electron chi connectivity index (χ0n) is 15.5. The molecule has 1 aromatic rings. The van der Waals surface area contributed by atoms with Gasteiger partial charge in [-0.2, -0.15) is 0 Å². The van der Waals surface area contributed by atoms with E-state index in [0.29, 0.717) is 12.4 Å². The lowest BCUT2D eigenvalue weighted by Gasteiger charge is -2.15. The first-order chi connectivity index (χ1) is 11.7. The zero-order chi connectivity index (χ0) is 17.2. The lowest BCUT2D eigenvalue weighted by atomic mass is 9.97. The highest BCUT2D eigenvalue weighted by molar-refractivity contribution is 14.0. The highest BCUT2D eigenvalue weighted by atomic mass is 127. The minimum Gasteiger partial charge on any atom is -0.475 e. The van der Waals surface area contributed by atoms with E-state index in [1.165, 1.54) is 25.7 Å². The van der Waals surface area contributed by atoms with Crippen molar-refractivity contribution in [3.05, 3.63) is 35.5 Å². The molecule has 0 amide bonds. The van der Waals surface area contributed by atoms with Gasteiger partial charge in [-0.15, -0.1) is 24.0 Å². The number of hydrogen-bond donors (Lipinski definition) is 2. The van der Waals surface area contributed by atoms with E-state index in [1.807, 2.05) is 32.2 Å². The second-order valence-corrected chi connectivity index (χ2v) is 6.38. The third-order valence-electron chi connectivity index (χ3n) is 3.96. The summed E-state index contributed by atoms with van der Waals surface area (Å²) >= 11 is 0. The first kappa shape index (κ1) is 21.7. The number of guanidine groups is 1. The predicted molar refractivity (Wildman–Crippen MR) is 115 cm³/mol. The van der Waals surface area contributed by atoms with Gasteiger partial charge in [0, 0.05) is 32.4 Å². The van der Waals surface area contributed by atoms with Gasteiger partial charge in [-0.05, 0) is 51.5 Å². The number of aliphatic imine (C=N–C) groups is 1. The van der Waals surface area contributed by atoms with Crippen molar-refractivity contribution in [2.24, 2.45) is 4.99 Å². The van der Waals surface area contributed by atoms with E-state index in [0.717, 1.165) is 24.5 Å². The van der Waals surface area contributed by atoms with Crippen LogP contribution < -0.4 is 15.4 Å². The molecule has 2 rings (SSSR count). The molecule has 0 unspecified atom stereocenters. The molecule has 0 aliphatic heterocycles. The average molecular weight is 458 g/mol. The molecule has 0 radical (unpaired) electrons. The van der Waals surface area contributed by atoms with E-state index in [9.17, 15) is 0 Å². The Labute approximate surface area is 168 Å². The molecule has 0 atom stereocenters. The lowest BCUT2D eigenvalue weighted by Crippen LogP contribution is -2.37. The number of halogens is 1. The van der Waals surface area contributed by atoms with Crippen molar-refractivity contribution in [2.75, 3.05) is 13.6 Å². The molecule has 0 saturated heterocycles. The monoisotopic (exact) mass is 458 g/mol. The fraction of sp³-hybridized carbons (Fsp3) is 0.579. The van der Waals surface area contributed by atoms with Gasteiger partial charge in [0.05, 0.1) is 6.10 Å². The first-order valence-electron chi connectivity index (χ1n) is 8.91. The summed E-state index contributed by atoms with van der Waals surface area (Å²) in [4.78, 5) is 8.59.